The maximum Gasteiger partial charge on any atom is 0.306 e. The second-order valence-corrected chi connectivity index (χ2v) is 21.3. The molecule has 0 amide bonds. The summed E-state index contributed by atoms with van der Waals surface area (Å²) in [5.41, 5.74) is 0. The molecule has 0 rings (SSSR count). The van der Waals surface area contributed by atoms with Gasteiger partial charge in [-0.1, -0.05) is 273 Å². The minimum Gasteiger partial charge on any atom is -0.462 e. The predicted molar refractivity (Wildman–Crippen MR) is 321 cm³/mol. The topological polar surface area (TPSA) is 78.9 Å². The molecule has 0 N–H and O–H groups in total. The molecule has 0 aromatic rings. The van der Waals surface area contributed by atoms with Crippen LogP contribution in [0.5, 0.6) is 0 Å². The third-order valence-electron chi connectivity index (χ3n) is 13.9. The van der Waals surface area contributed by atoms with Gasteiger partial charge in [0.1, 0.15) is 13.2 Å². The molecule has 1 unspecified atom stereocenters. The average molecular weight is 1030 g/mol. The molecule has 6 heteroatoms. The number of carbonyl (C=O) groups is 3. The van der Waals surface area contributed by atoms with Gasteiger partial charge in [0, 0.05) is 19.3 Å². The average Bonchev–Trinajstić information content (AvgIpc) is 3.40. The standard InChI is InChI=1S/C68H120O6/c1-4-7-10-13-16-19-22-25-27-28-29-30-31-32-33-34-35-36-37-38-39-40-41-44-46-49-52-55-58-61-67(70)73-64-65(63-72-66(69)60-57-54-51-48-45-42-24-21-18-15-12-9-6-3)74-68(71)62-59-56-53-50-47-43-26-23-20-17-14-11-8-5-2/h12,14-15,17,21-26,28-29,65H,4-11,13,16,18-20,27,30-64H2,1-3H3/b15-12-,17-14-,24-21-,25-22-,26-23-,29-28-. The van der Waals surface area contributed by atoms with Crippen molar-refractivity contribution >= 4 is 17.9 Å². The number of rotatable bonds is 58. The van der Waals surface area contributed by atoms with E-state index < -0.39 is 6.10 Å². The van der Waals surface area contributed by atoms with Gasteiger partial charge in [-0.25, -0.2) is 0 Å². The number of hydrogen-bond donors (Lipinski definition) is 0. The number of allylic oxidation sites excluding steroid dienone is 12. The van der Waals surface area contributed by atoms with E-state index >= 15 is 0 Å². The van der Waals surface area contributed by atoms with Crippen LogP contribution >= 0.6 is 0 Å². The summed E-state index contributed by atoms with van der Waals surface area (Å²) >= 11 is 0. The molecule has 0 bridgehead atoms. The molecule has 0 spiro atoms. The van der Waals surface area contributed by atoms with Crippen LogP contribution in [0.4, 0.5) is 0 Å². The monoisotopic (exact) mass is 1030 g/mol. The fraction of sp³-hybridized carbons (Fsp3) is 0.779. The van der Waals surface area contributed by atoms with E-state index in [9.17, 15) is 14.4 Å². The SMILES string of the molecule is CCC/C=C\C/C=C\CCCCCCCC(=O)OCC(COC(=O)CCCCCCCCCCCCCCCCCCC/C=C\C/C=C\CCCCCCC)OC(=O)CCCCCCC/C=C\C/C=C\CCCC. The maximum atomic E-state index is 12.9. The van der Waals surface area contributed by atoms with E-state index in [2.05, 4.69) is 93.7 Å². The van der Waals surface area contributed by atoms with E-state index in [4.69, 9.17) is 14.2 Å². The van der Waals surface area contributed by atoms with Gasteiger partial charge >= 0.3 is 17.9 Å². The van der Waals surface area contributed by atoms with Gasteiger partial charge in [0.2, 0.25) is 0 Å². The summed E-state index contributed by atoms with van der Waals surface area (Å²) in [6.07, 6.45) is 80.6. The maximum absolute atomic E-state index is 12.9. The van der Waals surface area contributed by atoms with Gasteiger partial charge in [0.15, 0.2) is 6.10 Å². The molecule has 0 radical (unpaired) electrons. The van der Waals surface area contributed by atoms with Gasteiger partial charge in [-0.3, -0.25) is 14.4 Å². The Labute approximate surface area is 459 Å². The summed E-state index contributed by atoms with van der Waals surface area (Å²) in [5, 5.41) is 0. The normalized spacial score (nSPS) is 12.5. The van der Waals surface area contributed by atoms with Crippen LogP contribution in [0, 0.1) is 0 Å². The Morgan fingerprint density at radius 2 is 0.527 bits per heavy atom. The number of unbranched alkanes of at least 4 members (excludes halogenated alkanes) is 35. The summed E-state index contributed by atoms with van der Waals surface area (Å²) in [7, 11) is 0. The lowest BCUT2D eigenvalue weighted by Gasteiger charge is -2.18. The molecule has 0 aromatic carbocycles. The lowest BCUT2D eigenvalue weighted by atomic mass is 10.0. The Morgan fingerprint density at radius 1 is 0.270 bits per heavy atom. The zero-order valence-corrected chi connectivity index (χ0v) is 49.1. The molecule has 0 fully saturated rings. The van der Waals surface area contributed by atoms with Crippen molar-refractivity contribution in [2.75, 3.05) is 13.2 Å². The van der Waals surface area contributed by atoms with Gasteiger partial charge in [0.05, 0.1) is 0 Å². The molecule has 0 aliphatic heterocycles. The Kier molecular flexibility index (Phi) is 59.7. The van der Waals surface area contributed by atoms with Crippen LogP contribution < -0.4 is 0 Å². The second kappa shape index (κ2) is 62.4. The largest absolute Gasteiger partial charge is 0.462 e. The summed E-state index contributed by atoms with van der Waals surface area (Å²) in [5.74, 6) is -0.901. The first-order valence-corrected chi connectivity index (χ1v) is 31.9. The zero-order valence-electron chi connectivity index (χ0n) is 49.1. The molecule has 428 valence electrons. The van der Waals surface area contributed by atoms with Crippen LogP contribution in [0.25, 0.3) is 0 Å². The van der Waals surface area contributed by atoms with E-state index in [1.165, 1.54) is 167 Å². The highest BCUT2D eigenvalue weighted by atomic mass is 16.6. The number of carbonyl (C=O) groups excluding carboxylic acids is 3. The summed E-state index contributed by atoms with van der Waals surface area (Å²) in [4.78, 5) is 38.2. The molecule has 0 aromatic heterocycles. The van der Waals surface area contributed by atoms with Crippen LogP contribution in [0.2, 0.25) is 0 Å². The summed E-state index contributed by atoms with van der Waals surface area (Å²) < 4.78 is 16.9. The lowest BCUT2D eigenvalue weighted by Crippen LogP contribution is -2.30. The molecular weight excluding hydrogens is 913 g/mol. The summed E-state index contributed by atoms with van der Waals surface area (Å²) in [6, 6.07) is 0. The van der Waals surface area contributed by atoms with E-state index in [-0.39, 0.29) is 31.1 Å². The zero-order chi connectivity index (χ0) is 53.6. The molecule has 6 nitrogen and oxygen atoms in total. The van der Waals surface area contributed by atoms with E-state index in [1.807, 2.05) is 0 Å². The molecule has 0 aliphatic carbocycles. The van der Waals surface area contributed by atoms with Gasteiger partial charge in [-0.2, -0.15) is 0 Å². The molecular formula is C68H120O6. The lowest BCUT2D eigenvalue weighted by molar-refractivity contribution is -0.167. The Hall–Kier alpha value is -3.15. The van der Waals surface area contributed by atoms with Crippen LogP contribution in [-0.2, 0) is 28.6 Å². The number of hydrogen-bond acceptors (Lipinski definition) is 6. The fourth-order valence-corrected chi connectivity index (χ4v) is 9.06. The highest BCUT2D eigenvalue weighted by Gasteiger charge is 2.19. The van der Waals surface area contributed by atoms with E-state index in [0.717, 1.165) is 116 Å². The predicted octanol–water partition coefficient (Wildman–Crippen LogP) is 21.7. The van der Waals surface area contributed by atoms with E-state index in [0.29, 0.717) is 19.3 Å². The molecule has 0 heterocycles. The van der Waals surface area contributed by atoms with Gasteiger partial charge < -0.3 is 14.2 Å². The minimum absolute atomic E-state index is 0.0837. The first kappa shape index (κ1) is 70.8. The molecule has 0 saturated carbocycles. The highest BCUT2D eigenvalue weighted by Crippen LogP contribution is 2.17. The van der Waals surface area contributed by atoms with Gasteiger partial charge in [-0.15, -0.1) is 0 Å². The van der Waals surface area contributed by atoms with Crippen molar-refractivity contribution in [1.29, 1.82) is 0 Å². The highest BCUT2D eigenvalue weighted by molar-refractivity contribution is 5.71. The van der Waals surface area contributed by atoms with Crippen LogP contribution in [0.15, 0.2) is 72.9 Å². The first-order chi connectivity index (χ1) is 36.5. The van der Waals surface area contributed by atoms with Crippen molar-refractivity contribution in [3.8, 4) is 0 Å². The fourth-order valence-electron chi connectivity index (χ4n) is 9.06. The van der Waals surface area contributed by atoms with Crippen molar-refractivity contribution in [2.45, 2.75) is 329 Å². The van der Waals surface area contributed by atoms with Crippen LogP contribution in [0.1, 0.15) is 323 Å². The first-order valence-electron chi connectivity index (χ1n) is 31.9. The smallest absolute Gasteiger partial charge is 0.306 e. The van der Waals surface area contributed by atoms with Crippen molar-refractivity contribution in [1.82, 2.24) is 0 Å². The minimum atomic E-state index is -0.788. The third-order valence-corrected chi connectivity index (χ3v) is 13.9. The quantitative estimate of drug-likeness (QED) is 0.0261. The van der Waals surface area contributed by atoms with E-state index in [1.54, 1.807) is 0 Å². The molecule has 74 heavy (non-hydrogen) atoms. The Bertz CT molecular complexity index is 1370. The van der Waals surface area contributed by atoms with Gasteiger partial charge in [0.25, 0.3) is 0 Å². The second-order valence-electron chi connectivity index (χ2n) is 21.3. The Morgan fingerprint density at radius 3 is 0.838 bits per heavy atom. The molecule has 1 atom stereocenters. The van der Waals surface area contributed by atoms with Crippen LogP contribution in [-0.4, -0.2) is 37.2 Å². The van der Waals surface area contributed by atoms with Crippen molar-refractivity contribution in [2.24, 2.45) is 0 Å². The van der Waals surface area contributed by atoms with Crippen LogP contribution in [0.3, 0.4) is 0 Å². The molecule has 0 saturated heterocycles. The summed E-state index contributed by atoms with van der Waals surface area (Å²) in [6.45, 7) is 6.53. The van der Waals surface area contributed by atoms with Gasteiger partial charge in [-0.05, 0) is 103 Å². The van der Waals surface area contributed by atoms with Crippen molar-refractivity contribution in [3.05, 3.63) is 72.9 Å². The number of ether oxygens (including phenoxy) is 3. The van der Waals surface area contributed by atoms with Crippen molar-refractivity contribution < 1.29 is 28.6 Å². The molecule has 0 aliphatic rings. The third kappa shape index (κ3) is 59.7. The van der Waals surface area contributed by atoms with Crippen molar-refractivity contribution in [3.63, 3.8) is 0 Å². The Balaban J connectivity index is 4.19. The number of esters is 3.